The van der Waals surface area contributed by atoms with E-state index in [-0.39, 0.29) is 39.0 Å². The number of hydrogen-bond donors (Lipinski definition) is 3. The van der Waals surface area contributed by atoms with Crippen LogP contribution in [-0.2, 0) is 10.0 Å². The van der Waals surface area contributed by atoms with Gasteiger partial charge in [-0.1, -0.05) is 50.1 Å². The van der Waals surface area contributed by atoms with E-state index in [4.69, 9.17) is 16.3 Å². The summed E-state index contributed by atoms with van der Waals surface area (Å²) in [6, 6.07) is 19.3. The van der Waals surface area contributed by atoms with Gasteiger partial charge in [0.1, 0.15) is 22.8 Å². The normalized spacial score (nSPS) is 18.3. The lowest BCUT2D eigenvalue weighted by Crippen LogP contribution is -2.47. The number of carbonyl (C=O) groups is 1. The van der Waals surface area contributed by atoms with Gasteiger partial charge in [-0.2, -0.15) is 0 Å². The summed E-state index contributed by atoms with van der Waals surface area (Å²) < 4.78 is 36.0. The molecule has 0 bridgehead atoms. The second-order valence-electron chi connectivity index (χ2n) is 16.1. The van der Waals surface area contributed by atoms with Crippen LogP contribution in [0.2, 0.25) is 5.02 Å². The van der Waals surface area contributed by atoms with Crippen LogP contribution in [0.15, 0.2) is 94.5 Å². The second kappa shape index (κ2) is 16.5. The molecule has 16 heteroatoms. The van der Waals surface area contributed by atoms with E-state index in [1.807, 2.05) is 25.1 Å². The molecule has 2 aromatic heterocycles. The highest BCUT2D eigenvalue weighted by Crippen LogP contribution is 2.44. The maximum atomic E-state index is 13.9. The molecule has 308 valence electrons. The van der Waals surface area contributed by atoms with Crippen LogP contribution in [0.4, 0.5) is 17.1 Å². The van der Waals surface area contributed by atoms with E-state index in [9.17, 15) is 23.3 Å². The van der Waals surface area contributed by atoms with Crippen molar-refractivity contribution in [2.75, 3.05) is 48.7 Å². The van der Waals surface area contributed by atoms with E-state index in [2.05, 4.69) is 55.8 Å². The Labute approximate surface area is 352 Å². The van der Waals surface area contributed by atoms with E-state index in [0.29, 0.717) is 22.0 Å². The molecule has 0 radical (unpaired) electrons. The number of nitrogens with zero attached hydrogens (tertiary/aromatic N) is 4. The fraction of sp³-hybridized carbons (Fsp3) is 0.349. The van der Waals surface area contributed by atoms with Crippen LogP contribution >= 0.6 is 23.4 Å². The smallest absolute Gasteiger partial charge is 0.294 e. The van der Waals surface area contributed by atoms with Crippen molar-refractivity contribution in [1.29, 1.82) is 0 Å². The van der Waals surface area contributed by atoms with Crippen molar-refractivity contribution in [3.63, 3.8) is 0 Å². The first-order valence-corrected chi connectivity index (χ1v) is 22.6. The lowest BCUT2D eigenvalue weighted by Gasteiger charge is -2.39. The van der Waals surface area contributed by atoms with Gasteiger partial charge in [0.05, 0.1) is 21.6 Å². The van der Waals surface area contributed by atoms with Gasteiger partial charge in [-0.3, -0.25) is 19.8 Å². The SMILES string of the molecule is CC[C@H]1CSc2cc(S(=O)(=O)NC(=O)c3ccc(N4CCN(CC5=C(c6ccc(Cl)cc6)CC(C)(C)CC5)CC4)cc3Oc3cnc4[nH]ccc4c3)cc([N+](=O)[O-])c2N1. The predicted octanol–water partition coefficient (Wildman–Crippen LogP) is 9.12. The first kappa shape index (κ1) is 40.7. The molecule has 0 unspecified atom stereocenters. The number of H-pyrrole nitrogens is 1. The van der Waals surface area contributed by atoms with Crippen molar-refractivity contribution >= 4 is 73.0 Å². The van der Waals surface area contributed by atoms with Crippen LogP contribution in [0, 0.1) is 15.5 Å². The third-order valence-electron chi connectivity index (χ3n) is 11.4. The molecule has 1 atom stereocenters. The molecule has 0 spiro atoms. The molecule has 8 rings (SSSR count). The van der Waals surface area contributed by atoms with Crippen LogP contribution in [-0.4, -0.2) is 78.6 Å². The number of piperazine rings is 1. The van der Waals surface area contributed by atoms with Gasteiger partial charge in [0.15, 0.2) is 0 Å². The number of anilines is 2. The van der Waals surface area contributed by atoms with Gasteiger partial charge in [0.2, 0.25) is 0 Å². The highest BCUT2D eigenvalue weighted by molar-refractivity contribution is 7.99. The van der Waals surface area contributed by atoms with Gasteiger partial charge in [0, 0.05) is 83.8 Å². The number of fused-ring (bicyclic) bond motifs is 2. The van der Waals surface area contributed by atoms with Gasteiger partial charge in [-0.15, -0.1) is 11.8 Å². The molecule has 5 aromatic rings. The Hall–Kier alpha value is -5.09. The molecular formula is C43H46ClN7O6S2. The highest BCUT2D eigenvalue weighted by atomic mass is 35.5. The van der Waals surface area contributed by atoms with Gasteiger partial charge < -0.3 is 19.9 Å². The van der Waals surface area contributed by atoms with Crippen LogP contribution in [0.5, 0.6) is 11.5 Å². The molecule has 1 amide bonds. The standard InChI is InChI=1S/C43H46ClN7O6S2/c1-4-31-26-58-39-22-34(21-37(51(53)54)40(39)47-31)59(55,56)48-42(52)35-10-9-32(20-38(35)57-33-19-28-12-14-45-41(28)46-24-33)50-17-15-49(16-18-50)25-29-11-13-43(2,3)23-36(29)27-5-7-30(44)8-6-27/h5-10,12,14,19-22,24,31,47H,4,11,13,15-18,23,25-26H2,1-3H3,(H,45,46)(H,48,52)/t31-/m0/s1. The Morgan fingerprint density at radius 3 is 2.61 bits per heavy atom. The number of halogens is 1. The Morgan fingerprint density at radius 1 is 1.08 bits per heavy atom. The molecule has 2 aliphatic heterocycles. The number of ether oxygens (including phenoxy) is 1. The summed E-state index contributed by atoms with van der Waals surface area (Å²) in [5, 5.41) is 16.8. The largest absolute Gasteiger partial charge is 0.455 e. The summed E-state index contributed by atoms with van der Waals surface area (Å²) in [5.74, 6) is 0.170. The third-order valence-corrected chi connectivity index (χ3v) is 14.2. The number of aromatic amines is 1. The van der Waals surface area contributed by atoms with Crippen LogP contribution in [0.25, 0.3) is 16.6 Å². The van der Waals surface area contributed by atoms with Crippen LogP contribution < -0.4 is 19.7 Å². The van der Waals surface area contributed by atoms with Crippen molar-refractivity contribution in [2.45, 2.75) is 62.3 Å². The summed E-state index contributed by atoms with van der Waals surface area (Å²) in [6.45, 7) is 10.6. The fourth-order valence-corrected chi connectivity index (χ4v) is 10.4. The zero-order chi connectivity index (χ0) is 41.5. The Kier molecular flexibility index (Phi) is 11.4. The maximum absolute atomic E-state index is 13.9. The molecule has 0 saturated carbocycles. The van der Waals surface area contributed by atoms with Crippen molar-refractivity contribution in [1.82, 2.24) is 19.6 Å². The second-order valence-corrected chi connectivity index (χ2v) is 19.3. The lowest BCUT2D eigenvalue weighted by molar-refractivity contribution is -0.384. The summed E-state index contributed by atoms with van der Waals surface area (Å²) in [6.07, 6.45) is 7.24. The summed E-state index contributed by atoms with van der Waals surface area (Å²) in [4.78, 5) is 37.6. The summed E-state index contributed by atoms with van der Waals surface area (Å²) >= 11 is 7.58. The Bertz CT molecular complexity index is 2570. The number of pyridine rings is 1. The van der Waals surface area contributed by atoms with E-state index in [1.165, 1.54) is 40.7 Å². The molecule has 1 aliphatic carbocycles. The topological polar surface area (TPSA) is 163 Å². The number of carbonyl (C=O) groups excluding carboxylic acids is 1. The number of nitrogens with one attached hydrogen (secondary N) is 3. The average molecular weight is 856 g/mol. The molecule has 1 fully saturated rings. The van der Waals surface area contributed by atoms with Gasteiger partial charge in [-0.05, 0) is 84.7 Å². The number of amides is 1. The zero-order valence-electron chi connectivity index (χ0n) is 33.1. The van der Waals surface area contributed by atoms with Gasteiger partial charge in [-0.25, -0.2) is 18.1 Å². The number of nitro benzene ring substituents is 1. The van der Waals surface area contributed by atoms with Crippen molar-refractivity contribution in [3.05, 3.63) is 111 Å². The lowest BCUT2D eigenvalue weighted by atomic mass is 9.72. The van der Waals surface area contributed by atoms with E-state index in [0.717, 1.165) is 80.6 Å². The van der Waals surface area contributed by atoms with Gasteiger partial charge in [0.25, 0.3) is 21.6 Å². The maximum Gasteiger partial charge on any atom is 0.294 e. The number of benzene rings is 3. The number of rotatable bonds is 11. The van der Waals surface area contributed by atoms with Crippen molar-refractivity contribution < 1.29 is 22.9 Å². The van der Waals surface area contributed by atoms with Crippen molar-refractivity contribution in [2.24, 2.45) is 5.41 Å². The number of aromatic nitrogens is 2. The summed E-state index contributed by atoms with van der Waals surface area (Å²) in [7, 11) is -4.55. The van der Waals surface area contributed by atoms with E-state index in [1.54, 1.807) is 30.5 Å². The quantitative estimate of drug-likeness (QED) is 0.0858. The number of thioether (sulfide) groups is 1. The van der Waals surface area contributed by atoms with E-state index >= 15 is 0 Å². The zero-order valence-corrected chi connectivity index (χ0v) is 35.5. The molecule has 3 N–H and O–H groups in total. The number of sulfonamides is 1. The molecule has 13 nitrogen and oxygen atoms in total. The fourth-order valence-electron chi connectivity index (χ4n) is 8.01. The molecular weight excluding hydrogens is 810 g/mol. The number of hydrogen-bond acceptors (Lipinski definition) is 11. The molecule has 4 heterocycles. The average Bonchev–Trinajstić information content (AvgIpc) is 3.69. The minimum Gasteiger partial charge on any atom is -0.455 e. The van der Waals surface area contributed by atoms with E-state index < -0.39 is 20.9 Å². The minimum atomic E-state index is -4.55. The van der Waals surface area contributed by atoms with Gasteiger partial charge >= 0.3 is 0 Å². The van der Waals surface area contributed by atoms with Crippen LogP contribution in [0.3, 0.4) is 0 Å². The first-order valence-electron chi connectivity index (χ1n) is 19.7. The predicted molar refractivity (Wildman–Crippen MR) is 233 cm³/mol. The minimum absolute atomic E-state index is 0.00721. The molecule has 1 saturated heterocycles. The van der Waals surface area contributed by atoms with Crippen LogP contribution in [0.1, 0.15) is 62.4 Å². The van der Waals surface area contributed by atoms with Crippen molar-refractivity contribution in [3.8, 4) is 11.5 Å². The Balaban J connectivity index is 1.04. The third kappa shape index (κ3) is 8.93. The first-order chi connectivity index (χ1) is 28.2. The molecule has 59 heavy (non-hydrogen) atoms. The number of nitro groups is 1. The highest BCUT2D eigenvalue weighted by Gasteiger charge is 2.32. The molecule has 3 aromatic carbocycles. The Morgan fingerprint density at radius 2 is 1.86 bits per heavy atom. The monoisotopic (exact) mass is 855 g/mol. The molecule has 3 aliphatic rings. The summed E-state index contributed by atoms with van der Waals surface area (Å²) in [5.41, 5.74) is 5.71. The number of allylic oxidation sites excluding steroid dienone is 1.